The van der Waals surface area contributed by atoms with Crippen LogP contribution in [0.25, 0.3) is 11.2 Å². The van der Waals surface area contributed by atoms with Crippen molar-refractivity contribution in [2.75, 3.05) is 5.43 Å². The molecule has 130 valence electrons. The molecule has 3 heterocycles. The van der Waals surface area contributed by atoms with E-state index < -0.39 is 5.69 Å². The lowest BCUT2D eigenvalue weighted by molar-refractivity contribution is 0.679. The largest absolute Gasteiger partial charge is 0.332 e. The second-order valence-electron chi connectivity index (χ2n) is 5.62. The van der Waals surface area contributed by atoms with Crippen LogP contribution in [0.5, 0.6) is 0 Å². The predicted molar refractivity (Wildman–Crippen MR) is 96.0 cm³/mol. The Bertz CT molecular complexity index is 1040. The molecule has 9 heteroatoms. The van der Waals surface area contributed by atoms with E-state index in [0.717, 1.165) is 16.6 Å². The van der Waals surface area contributed by atoms with Gasteiger partial charge in [0, 0.05) is 33.0 Å². The molecule has 0 aromatic carbocycles. The van der Waals surface area contributed by atoms with Crippen molar-refractivity contribution < 1.29 is 0 Å². The van der Waals surface area contributed by atoms with E-state index in [1.54, 1.807) is 30.2 Å². The Morgan fingerprint density at radius 3 is 2.60 bits per heavy atom. The summed E-state index contributed by atoms with van der Waals surface area (Å²) in [6.45, 7) is 2.58. The topological polar surface area (TPSA) is 99.1 Å². The molecule has 25 heavy (non-hydrogen) atoms. The number of nitrogens with zero attached hydrogens (tertiary/aromatic N) is 6. The summed E-state index contributed by atoms with van der Waals surface area (Å²) in [5.74, 6) is 0.417. The molecule has 0 saturated heterocycles. The van der Waals surface area contributed by atoms with Crippen LogP contribution in [-0.2, 0) is 20.6 Å². The Kier molecular flexibility index (Phi) is 4.46. The van der Waals surface area contributed by atoms with Crippen LogP contribution in [-0.4, -0.2) is 29.9 Å². The fourth-order valence-electron chi connectivity index (χ4n) is 2.59. The maximum atomic E-state index is 12.5. The Morgan fingerprint density at radius 1 is 1.20 bits per heavy atom. The summed E-state index contributed by atoms with van der Waals surface area (Å²) in [5.41, 5.74) is 3.68. The molecule has 3 rings (SSSR count). The Hall–Kier alpha value is -3.23. The third-order valence-corrected chi connectivity index (χ3v) is 3.88. The highest BCUT2D eigenvalue weighted by atomic mass is 16.2. The van der Waals surface area contributed by atoms with Gasteiger partial charge < -0.3 is 4.57 Å². The van der Waals surface area contributed by atoms with Crippen LogP contribution < -0.4 is 16.7 Å². The molecule has 0 aliphatic rings. The molecule has 9 nitrogen and oxygen atoms in total. The number of rotatable bonds is 5. The standard InChI is InChI=1S/C16H19N7O2/c1-4-9-23-12-13(21(2)16(25)22(3)14(12)24)19-15(23)20-18-10-11-5-7-17-8-6-11/h5-8,10H,4,9H2,1-3H3,(H,19,20). The van der Waals surface area contributed by atoms with E-state index in [0.29, 0.717) is 23.7 Å². The SMILES string of the molecule is CCCn1c(NN=Cc2ccncc2)nc2c1c(=O)n(C)c(=O)n2C. The van der Waals surface area contributed by atoms with Gasteiger partial charge in [-0.2, -0.15) is 10.1 Å². The van der Waals surface area contributed by atoms with Gasteiger partial charge in [-0.1, -0.05) is 6.92 Å². The normalized spacial score (nSPS) is 11.5. The molecule has 0 unspecified atom stereocenters. The minimum atomic E-state index is -0.412. The number of imidazole rings is 1. The summed E-state index contributed by atoms with van der Waals surface area (Å²) in [6.07, 6.45) is 5.79. The summed E-state index contributed by atoms with van der Waals surface area (Å²) in [4.78, 5) is 33.0. The third kappa shape index (κ3) is 2.95. The molecule has 0 saturated carbocycles. The van der Waals surface area contributed by atoms with Crippen molar-refractivity contribution in [1.82, 2.24) is 23.7 Å². The van der Waals surface area contributed by atoms with Crippen molar-refractivity contribution >= 4 is 23.3 Å². The predicted octanol–water partition coefficient (Wildman–Crippen LogP) is 0.685. The average molecular weight is 341 g/mol. The summed E-state index contributed by atoms with van der Waals surface area (Å²) < 4.78 is 4.20. The van der Waals surface area contributed by atoms with E-state index in [4.69, 9.17) is 0 Å². The van der Waals surface area contributed by atoms with Crippen molar-refractivity contribution in [2.24, 2.45) is 19.2 Å². The first-order chi connectivity index (χ1) is 12.0. The first-order valence-electron chi connectivity index (χ1n) is 7.90. The number of anilines is 1. The van der Waals surface area contributed by atoms with Crippen LogP contribution in [0.3, 0.4) is 0 Å². The van der Waals surface area contributed by atoms with Crippen LogP contribution in [0.15, 0.2) is 39.2 Å². The van der Waals surface area contributed by atoms with Crippen LogP contribution >= 0.6 is 0 Å². The van der Waals surface area contributed by atoms with Crippen molar-refractivity contribution in [3.63, 3.8) is 0 Å². The Balaban J connectivity index is 2.09. The minimum absolute atomic E-state index is 0.336. The molecule has 0 spiro atoms. The molecule has 0 bridgehead atoms. The van der Waals surface area contributed by atoms with Gasteiger partial charge in [0.1, 0.15) is 0 Å². The molecule has 0 aliphatic carbocycles. The zero-order valence-corrected chi connectivity index (χ0v) is 14.3. The lowest BCUT2D eigenvalue weighted by Gasteiger charge is -2.07. The fraction of sp³-hybridized carbons (Fsp3) is 0.312. The third-order valence-electron chi connectivity index (χ3n) is 3.88. The lowest BCUT2D eigenvalue weighted by atomic mass is 10.3. The Morgan fingerprint density at radius 2 is 1.92 bits per heavy atom. The molecule has 0 radical (unpaired) electrons. The van der Waals surface area contributed by atoms with Gasteiger partial charge in [0.15, 0.2) is 11.2 Å². The highest BCUT2D eigenvalue weighted by molar-refractivity contribution is 5.80. The second-order valence-corrected chi connectivity index (χ2v) is 5.62. The van der Waals surface area contributed by atoms with Gasteiger partial charge in [0.25, 0.3) is 5.56 Å². The number of hydrazone groups is 1. The van der Waals surface area contributed by atoms with Crippen molar-refractivity contribution in [1.29, 1.82) is 0 Å². The molecular formula is C16H19N7O2. The van der Waals surface area contributed by atoms with Crippen molar-refractivity contribution in [3.8, 4) is 0 Å². The lowest BCUT2D eigenvalue weighted by Crippen LogP contribution is -2.37. The van der Waals surface area contributed by atoms with E-state index in [-0.39, 0.29) is 5.56 Å². The zero-order chi connectivity index (χ0) is 18.0. The van der Waals surface area contributed by atoms with Gasteiger partial charge in [-0.3, -0.25) is 18.9 Å². The van der Waals surface area contributed by atoms with Crippen LogP contribution in [0.4, 0.5) is 5.95 Å². The highest BCUT2D eigenvalue weighted by Crippen LogP contribution is 2.16. The highest BCUT2D eigenvalue weighted by Gasteiger charge is 2.18. The molecule has 0 atom stereocenters. The summed E-state index contributed by atoms with van der Waals surface area (Å²) in [5, 5.41) is 4.17. The number of fused-ring (bicyclic) bond motifs is 1. The minimum Gasteiger partial charge on any atom is -0.303 e. The molecule has 3 aromatic heterocycles. The number of hydrogen-bond donors (Lipinski definition) is 1. The van der Waals surface area contributed by atoms with Crippen LogP contribution in [0.2, 0.25) is 0 Å². The summed E-state index contributed by atoms with van der Waals surface area (Å²) >= 11 is 0. The molecule has 0 fully saturated rings. The number of pyridine rings is 1. The van der Waals surface area contributed by atoms with Crippen molar-refractivity contribution in [2.45, 2.75) is 19.9 Å². The summed E-state index contributed by atoms with van der Waals surface area (Å²) in [6, 6.07) is 3.64. The molecule has 1 N–H and O–H groups in total. The van der Waals surface area contributed by atoms with E-state index in [9.17, 15) is 9.59 Å². The molecule has 0 aliphatic heterocycles. The van der Waals surface area contributed by atoms with Gasteiger partial charge in [-0.05, 0) is 24.1 Å². The van der Waals surface area contributed by atoms with Gasteiger partial charge in [-0.25, -0.2) is 10.2 Å². The van der Waals surface area contributed by atoms with E-state index in [2.05, 4.69) is 20.5 Å². The number of aromatic nitrogens is 5. The van der Waals surface area contributed by atoms with Crippen LogP contribution in [0.1, 0.15) is 18.9 Å². The van der Waals surface area contributed by atoms with Gasteiger partial charge in [0.05, 0.1) is 6.21 Å². The smallest absolute Gasteiger partial charge is 0.303 e. The van der Waals surface area contributed by atoms with E-state index >= 15 is 0 Å². The Labute approximate surface area is 143 Å². The van der Waals surface area contributed by atoms with Gasteiger partial charge in [-0.15, -0.1) is 0 Å². The summed E-state index contributed by atoms with van der Waals surface area (Å²) in [7, 11) is 3.06. The second kappa shape index (κ2) is 6.71. The monoisotopic (exact) mass is 341 g/mol. The molecule has 0 amide bonds. The van der Waals surface area contributed by atoms with Gasteiger partial charge >= 0.3 is 5.69 Å². The first kappa shape index (κ1) is 16.6. The van der Waals surface area contributed by atoms with Crippen LogP contribution in [0, 0.1) is 0 Å². The number of hydrogen-bond acceptors (Lipinski definition) is 6. The van der Waals surface area contributed by atoms with E-state index in [1.807, 2.05) is 19.1 Å². The van der Waals surface area contributed by atoms with E-state index in [1.165, 1.54) is 11.6 Å². The van der Waals surface area contributed by atoms with Crippen molar-refractivity contribution in [3.05, 3.63) is 50.9 Å². The average Bonchev–Trinajstić information content (AvgIpc) is 2.98. The first-order valence-corrected chi connectivity index (χ1v) is 7.90. The molecular weight excluding hydrogens is 322 g/mol. The maximum absolute atomic E-state index is 12.5. The zero-order valence-electron chi connectivity index (χ0n) is 14.3. The number of nitrogens with one attached hydrogen (secondary N) is 1. The quantitative estimate of drug-likeness (QED) is 0.543. The maximum Gasteiger partial charge on any atom is 0.332 e. The fourth-order valence-corrected chi connectivity index (χ4v) is 2.59. The van der Waals surface area contributed by atoms with Gasteiger partial charge in [0.2, 0.25) is 5.95 Å². The molecule has 3 aromatic rings. The number of aryl methyl sites for hydroxylation is 2.